The van der Waals surface area contributed by atoms with Gasteiger partial charge in [0.25, 0.3) is 0 Å². The van der Waals surface area contributed by atoms with Crippen molar-refractivity contribution in [2.24, 2.45) is 11.8 Å². The summed E-state index contributed by atoms with van der Waals surface area (Å²) in [7, 11) is 0. The minimum atomic E-state index is 0.258. The highest BCUT2D eigenvalue weighted by Crippen LogP contribution is 2.40. The lowest BCUT2D eigenvalue weighted by Gasteiger charge is -2.27. The molecule has 1 saturated carbocycles. The average molecular weight is 244 g/mol. The van der Waals surface area contributed by atoms with Crippen LogP contribution in [0.25, 0.3) is 0 Å². The first-order valence-corrected chi connectivity index (χ1v) is 6.98. The molecule has 0 spiro atoms. The highest BCUT2D eigenvalue weighted by molar-refractivity contribution is 5.81. The second kappa shape index (κ2) is 4.75. The summed E-state index contributed by atoms with van der Waals surface area (Å²) < 4.78 is 5.70. The molecule has 2 nitrogen and oxygen atoms in total. The molecule has 1 heterocycles. The Morgan fingerprint density at radius 2 is 2.11 bits per heavy atom. The van der Waals surface area contributed by atoms with E-state index in [2.05, 4.69) is 19.1 Å². The van der Waals surface area contributed by atoms with Gasteiger partial charge in [-0.3, -0.25) is 4.79 Å². The third-order valence-electron chi connectivity index (χ3n) is 4.39. The van der Waals surface area contributed by atoms with E-state index in [-0.39, 0.29) is 5.92 Å². The van der Waals surface area contributed by atoms with Crippen molar-refractivity contribution < 1.29 is 9.53 Å². The van der Waals surface area contributed by atoms with E-state index in [0.29, 0.717) is 17.6 Å². The molecule has 3 atom stereocenters. The number of ether oxygens (including phenoxy) is 1. The van der Waals surface area contributed by atoms with Gasteiger partial charge in [-0.1, -0.05) is 25.1 Å². The summed E-state index contributed by atoms with van der Waals surface area (Å²) in [5, 5.41) is 0. The van der Waals surface area contributed by atoms with E-state index in [1.807, 2.05) is 12.1 Å². The number of carbonyl (C=O) groups excluding carboxylic acids is 1. The fourth-order valence-electron chi connectivity index (χ4n) is 3.32. The molecule has 0 bridgehead atoms. The van der Waals surface area contributed by atoms with Crippen LogP contribution in [0.4, 0.5) is 0 Å². The van der Waals surface area contributed by atoms with E-state index in [1.54, 1.807) is 0 Å². The standard InChI is InChI=1S/C16H20O2/c1-11-6-7-15(17)12(8-11)9-13-10-18-16-5-3-2-4-14(13)16/h2-5,11-13H,6-10H2,1H3. The summed E-state index contributed by atoms with van der Waals surface area (Å²) in [6.45, 7) is 3.01. The van der Waals surface area contributed by atoms with E-state index < -0.39 is 0 Å². The first-order valence-electron chi connectivity index (χ1n) is 6.98. The van der Waals surface area contributed by atoms with Crippen LogP contribution in [-0.4, -0.2) is 12.4 Å². The number of carbonyl (C=O) groups is 1. The Morgan fingerprint density at radius 3 is 3.00 bits per heavy atom. The van der Waals surface area contributed by atoms with Crippen molar-refractivity contribution in [3.63, 3.8) is 0 Å². The van der Waals surface area contributed by atoms with E-state index in [1.165, 1.54) is 5.56 Å². The smallest absolute Gasteiger partial charge is 0.136 e. The molecular formula is C16H20O2. The van der Waals surface area contributed by atoms with Gasteiger partial charge in [-0.05, 0) is 31.2 Å². The number of fused-ring (bicyclic) bond motifs is 1. The topological polar surface area (TPSA) is 26.3 Å². The zero-order valence-electron chi connectivity index (χ0n) is 10.9. The predicted molar refractivity (Wildman–Crippen MR) is 70.8 cm³/mol. The van der Waals surface area contributed by atoms with Gasteiger partial charge in [-0.15, -0.1) is 0 Å². The van der Waals surface area contributed by atoms with Gasteiger partial charge in [0.05, 0.1) is 6.61 Å². The number of ketones is 1. The van der Waals surface area contributed by atoms with Gasteiger partial charge in [0.15, 0.2) is 0 Å². The van der Waals surface area contributed by atoms with Crippen molar-refractivity contribution in [2.75, 3.05) is 6.61 Å². The van der Waals surface area contributed by atoms with Crippen molar-refractivity contribution in [3.8, 4) is 5.75 Å². The van der Waals surface area contributed by atoms with Gasteiger partial charge in [-0.2, -0.15) is 0 Å². The summed E-state index contributed by atoms with van der Waals surface area (Å²) in [6.07, 6.45) is 3.89. The molecule has 1 fully saturated rings. The fourth-order valence-corrected chi connectivity index (χ4v) is 3.32. The van der Waals surface area contributed by atoms with Crippen LogP contribution in [0, 0.1) is 11.8 Å². The van der Waals surface area contributed by atoms with Crippen molar-refractivity contribution in [1.29, 1.82) is 0 Å². The molecule has 0 saturated heterocycles. The van der Waals surface area contributed by atoms with Crippen LogP contribution >= 0.6 is 0 Å². The predicted octanol–water partition coefficient (Wildman–Crippen LogP) is 3.56. The molecule has 1 aliphatic carbocycles. The van der Waals surface area contributed by atoms with Crippen LogP contribution in [0.15, 0.2) is 24.3 Å². The minimum absolute atomic E-state index is 0.258. The van der Waals surface area contributed by atoms with E-state index in [9.17, 15) is 4.79 Å². The molecule has 3 unspecified atom stereocenters. The van der Waals surface area contributed by atoms with Gasteiger partial charge in [0, 0.05) is 23.8 Å². The third-order valence-corrected chi connectivity index (χ3v) is 4.39. The Hall–Kier alpha value is -1.31. The zero-order chi connectivity index (χ0) is 12.5. The first-order chi connectivity index (χ1) is 8.74. The summed E-state index contributed by atoms with van der Waals surface area (Å²) in [4.78, 5) is 12.0. The summed E-state index contributed by atoms with van der Waals surface area (Å²) >= 11 is 0. The number of hydrogen-bond acceptors (Lipinski definition) is 2. The van der Waals surface area contributed by atoms with Crippen LogP contribution in [0.5, 0.6) is 5.75 Å². The lowest BCUT2D eigenvalue weighted by molar-refractivity contribution is -0.125. The van der Waals surface area contributed by atoms with E-state index in [4.69, 9.17) is 4.74 Å². The van der Waals surface area contributed by atoms with Crippen LogP contribution in [0.3, 0.4) is 0 Å². The highest BCUT2D eigenvalue weighted by atomic mass is 16.5. The van der Waals surface area contributed by atoms with Crippen LogP contribution in [0.1, 0.15) is 44.1 Å². The molecule has 3 rings (SSSR count). The molecule has 18 heavy (non-hydrogen) atoms. The molecule has 1 aliphatic heterocycles. The summed E-state index contributed by atoms with van der Waals surface area (Å²) in [6, 6.07) is 8.24. The number of hydrogen-bond donors (Lipinski definition) is 0. The van der Waals surface area contributed by atoms with E-state index >= 15 is 0 Å². The Labute approximate surface area is 108 Å². The molecule has 2 aliphatic rings. The second-order valence-corrected chi connectivity index (χ2v) is 5.82. The Balaban J connectivity index is 1.72. The minimum Gasteiger partial charge on any atom is -0.493 e. The molecular weight excluding hydrogens is 224 g/mol. The van der Waals surface area contributed by atoms with Crippen molar-refractivity contribution in [1.82, 2.24) is 0 Å². The van der Waals surface area contributed by atoms with Crippen molar-refractivity contribution >= 4 is 5.78 Å². The molecule has 0 N–H and O–H groups in total. The third kappa shape index (κ3) is 2.16. The highest BCUT2D eigenvalue weighted by Gasteiger charge is 2.32. The Morgan fingerprint density at radius 1 is 1.28 bits per heavy atom. The number of para-hydroxylation sites is 1. The average Bonchev–Trinajstić information content (AvgIpc) is 2.78. The number of benzene rings is 1. The van der Waals surface area contributed by atoms with Crippen LogP contribution < -0.4 is 4.74 Å². The van der Waals surface area contributed by atoms with Gasteiger partial charge < -0.3 is 4.74 Å². The quantitative estimate of drug-likeness (QED) is 0.795. The van der Waals surface area contributed by atoms with Crippen molar-refractivity contribution in [3.05, 3.63) is 29.8 Å². The van der Waals surface area contributed by atoms with Crippen molar-refractivity contribution in [2.45, 2.75) is 38.5 Å². The SMILES string of the molecule is CC1CCC(=O)C(CC2COc3ccccc32)C1. The molecule has 96 valence electrons. The monoisotopic (exact) mass is 244 g/mol. The molecule has 0 aromatic heterocycles. The first kappa shape index (κ1) is 11.8. The Bertz CT molecular complexity index is 452. The van der Waals surface area contributed by atoms with Gasteiger partial charge in [-0.25, -0.2) is 0 Å². The fraction of sp³-hybridized carbons (Fsp3) is 0.562. The largest absolute Gasteiger partial charge is 0.493 e. The van der Waals surface area contributed by atoms with E-state index in [0.717, 1.165) is 38.0 Å². The maximum atomic E-state index is 12.0. The molecule has 1 aromatic carbocycles. The zero-order valence-corrected chi connectivity index (χ0v) is 10.9. The summed E-state index contributed by atoms with van der Waals surface area (Å²) in [5.74, 6) is 2.86. The van der Waals surface area contributed by atoms with Gasteiger partial charge in [0.2, 0.25) is 0 Å². The molecule has 1 aromatic rings. The maximum absolute atomic E-state index is 12.0. The maximum Gasteiger partial charge on any atom is 0.136 e. The lowest BCUT2D eigenvalue weighted by Crippen LogP contribution is -2.25. The Kier molecular flexibility index (Phi) is 3.11. The number of Topliss-reactive ketones (excluding diaryl/α,β-unsaturated/α-hetero) is 1. The normalized spacial score (nSPS) is 30.9. The van der Waals surface area contributed by atoms with Crippen LogP contribution in [-0.2, 0) is 4.79 Å². The van der Waals surface area contributed by atoms with Gasteiger partial charge in [0.1, 0.15) is 11.5 Å². The summed E-state index contributed by atoms with van der Waals surface area (Å²) in [5.41, 5.74) is 1.29. The van der Waals surface area contributed by atoms with Crippen LogP contribution in [0.2, 0.25) is 0 Å². The van der Waals surface area contributed by atoms with Gasteiger partial charge >= 0.3 is 0 Å². The second-order valence-electron chi connectivity index (χ2n) is 5.82. The lowest BCUT2D eigenvalue weighted by atomic mass is 9.76. The molecule has 0 amide bonds. The molecule has 2 heteroatoms. The molecule has 0 radical (unpaired) electrons. The number of rotatable bonds is 2.